The first-order valence-electron chi connectivity index (χ1n) is 8.68. The van der Waals surface area contributed by atoms with Crippen molar-refractivity contribution < 1.29 is 5.11 Å². The van der Waals surface area contributed by atoms with Crippen LogP contribution in [0, 0.1) is 19.8 Å². The molecule has 0 spiro atoms. The van der Waals surface area contributed by atoms with Gasteiger partial charge in [0.15, 0.2) is 0 Å². The third kappa shape index (κ3) is 3.96. The number of para-hydroxylation sites is 1. The first kappa shape index (κ1) is 17.8. The molecule has 5 nitrogen and oxygen atoms in total. The lowest BCUT2D eigenvalue weighted by Gasteiger charge is -2.15. The number of nitrogens with zero attached hydrogens (tertiary/aromatic N) is 3. The lowest BCUT2D eigenvalue weighted by atomic mass is 10.0. The summed E-state index contributed by atoms with van der Waals surface area (Å²) in [7, 11) is 0. The summed E-state index contributed by atoms with van der Waals surface area (Å²) < 4.78 is 1.16. The van der Waals surface area contributed by atoms with Gasteiger partial charge in [-0.1, -0.05) is 25.5 Å². The number of hydrogen-bond donors (Lipinski definition) is 2. The van der Waals surface area contributed by atoms with Gasteiger partial charge < -0.3 is 10.4 Å². The molecular formula is C19H24N4OS. The van der Waals surface area contributed by atoms with E-state index < -0.39 is 0 Å². The molecule has 6 heteroatoms. The van der Waals surface area contributed by atoms with Gasteiger partial charge in [-0.2, -0.15) is 0 Å². The zero-order valence-electron chi connectivity index (χ0n) is 14.9. The molecular weight excluding hydrogens is 332 g/mol. The molecule has 0 aliphatic heterocycles. The number of hydrogen-bond acceptors (Lipinski definition) is 6. The number of rotatable bonds is 7. The van der Waals surface area contributed by atoms with E-state index in [1.54, 1.807) is 11.3 Å². The number of aromatic nitrogens is 3. The summed E-state index contributed by atoms with van der Waals surface area (Å²) in [6.07, 6.45) is 1.89. The molecule has 2 heterocycles. The molecule has 0 saturated carbocycles. The molecule has 0 radical (unpaired) electrons. The van der Waals surface area contributed by atoms with E-state index in [4.69, 9.17) is 4.98 Å². The zero-order chi connectivity index (χ0) is 17.8. The van der Waals surface area contributed by atoms with E-state index in [2.05, 4.69) is 28.3 Å². The normalized spacial score (nSPS) is 12.5. The average molecular weight is 356 g/mol. The lowest BCUT2D eigenvalue weighted by molar-refractivity contribution is 0.217. The molecule has 132 valence electrons. The minimum absolute atomic E-state index is 0.227. The number of fused-ring (bicyclic) bond motifs is 1. The van der Waals surface area contributed by atoms with Crippen molar-refractivity contribution in [1.29, 1.82) is 0 Å². The largest absolute Gasteiger partial charge is 0.396 e. The van der Waals surface area contributed by atoms with Crippen molar-refractivity contribution >= 4 is 27.4 Å². The van der Waals surface area contributed by atoms with E-state index in [0.29, 0.717) is 5.92 Å². The SMILES string of the molecule is CCC(CO)CCNc1nc(C)nc(C)c1-c1nc2ccccc2s1. The van der Waals surface area contributed by atoms with E-state index in [1.807, 2.05) is 32.0 Å². The van der Waals surface area contributed by atoms with Gasteiger partial charge in [-0.15, -0.1) is 11.3 Å². The van der Waals surface area contributed by atoms with Crippen LogP contribution in [0.2, 0.25) is 0 Å². The molecule has 0 amide bonds. The Balaban J connectivity index is 1.92. The van der Waals surface area contributed by atoms with Gasteiger partial charge in [0.25, 0.3) is 0 Å². The van der Waals surface area contributed by atoms with Crippen molar-refractivity contribution in [3.8, 4) is 10.6 Å². The number of aryl methyl sites for hydroxylation is 2. The Morgan fingerprint density at radius 1 is 1.16 bits per heavy atom. The highest BCUT2D eigenvalue weighted by molar-refractivity contribution is 7.21. The van der Waals surface area contributed by atoms with Crippen molar-refractivity contribution in [2.24, 2.45) is 5.92 Å². The van der Waals surface area contributed by atoms with Crippen LogP contribution in [0.15, 0.2) is 24.3 Å². The summed E-state index contributed by atoms with van der Waals surface area (Å²) in [4.78, 5) is 13.9. The third-order valence-electron chi connectivity index (χ3n) is 4.39. The number of aliphatic hydroxyl groups excluding tert-OH is 1. The van der Waals surface area contributed by atoms with Crippen LogP contribution < -0.4 is 5.32 Å². The predicted molar refractivity (Wildman–Crippen MR) is 104 cm³/mol. The topological polar surface area (TPSA) is 70.9 Å². The molecule has 3 aromatic rings. The number of thiazole rings is 1. The molecule has 0 fully saturated rings. The lowest BCUT2D eigenvalue weighted by Crippen LogP contribution is -2.14. The second-order valence-corrected chi connectivity index (χ2v) is 7.27. The van der Waals surface area contributed by atoms with E-state index in [-0.39, 0.29) is 6.61 Å². The Bertz CT molecular complexity index is 825. The fourth-order valence-electron chi connectivity index (χ4n) is 2.89. The van der Waals surface area contributed by atoms with E-state index in [9.17, 15) is 5.11 Å². The van der Waals surface area contributed by atoms with Gasteiger partial charge in [-0.3, -0.25) is 0 Å². The van der Waals surface area contributed by atoms with Crippen molar-refractivity contribution in [2.45, 2.75) is 33.6 Å². The Morgan fingerprint density at radius 3 is 2.68 bits per heavy atom. The number of benzene rings is 1. The van der Waals surface area contributed by atoms with Crippen molar-refractivity contribution in [1.82, 2.24) is 15.0 Å². The second-order valence-electron chi connectivity index (χ2n) is 6.24. The maximum absolute atomic E-state index is 9.36. The van der Waals surface area contributed by atoms with E-state index in [0.717, 1.165) is 57.5 Å². The standard InChI is InChI=1S/C19H24N4OS/c1-4-14(11-24)9-10-20-18-17(12(2)21-13(3)22-18)19-23-15-7-5-6-8-16(15)25-19/h5-8,14,24H,4,9-11H2,1-3H3,(H,20,21,22). The number of anilines is 1. The smallest absolute Gasteiger partial charge is 0.140 e. The average Bonchev–Trinajstić information content (AvgIpc) is 3.01. The van der Waals surface area contributed by atoms with Gasteiger partial charge in [-0.25, -0.2) is 15.0 Å². The molecule has 25 heavy (non-hydrogen) atoms. The molecule has 2 aromatic heterocycles. The molecule has 3 rings (SSSR count). The fourth-order valence-corrected chi connectivity index (χ4v) is 3.96. The molecule has 2 N–H and O–H groups in total. The monoisotopic (exact) mass is 356 g/mol. The second kappa shape index (κ2) is 7.89. The molecule has 0 saturated heterocycles. The van der Waals surface area contributed by atoms with Crippen LogP contribution in [-0.4, -0.2) is 33.2 Å². The first-order valence-corrected chi connectivity index (χ1v) is 9.50. The van der Waals surface area contributed by atoms with Crippen LogP contribution in [0.5, 0.6) is 0 Å². The highest BCUT2D eigenvalue weighted by Crippen LogP contribution is 2.35. The molecule has 0 aliphatic carbocycles. The number of aliphatic hydroxyl groups is 1. The highest BCUT2D eigenvalue weighted by atomic mass is 32.1. The summed E-state index contributed by atoms with van der Waals surface area (Å²) in [6.45, 7) is 7.01. The van der Waals surface area contributed by atoms with E-state index in [1.165, 1.54) is 0 Å². The maximum Gasteiger partial charge on any atom is 0.140 e. The molecule has 1 aromatic carbocycles. The quantitative estimate of drug-likeness (QED) is 0.664. The van der Waals surface area contributed by atoms with Gasteiger partial charge in [-0.05, 0) is 38.3 Å². The van der Waals surface area contributed by atoms with Gasteiger partial charge in [0, 0.05) is 13.2 Å². The van der Waals surface area contributed by atoms with Crippen LogP contribution in [0.4, 0.5) is 5.82 Å². The maximum atomic E-state index is 9.36. The van der Waals surface area contributed by atoms with Gasteiger partial charge in [0.2, 0.25) is 0 Å². The van der Waals surface area contributed by atoms with Crippen LogP contribution in [0.25, 0.3) is 20.8 Å². The van der Waals surface area contributed by atoms with Gasteiger partial charge >= 0.3 is 0 Å². The zero-order valence-corrected chi connectivity index (χ0v) is 15.7. The van der Waals surface area contributed by atoms with Crippen molar-refractivity contribution in [3.63, 3.8) is 0 Å². The predicted octanol–water partition coefficient (Wildman–Crippen LogP) is 4.19. The van der Waals surface area contributed by atoms with Gasteiger partial charge in [0.05, 0.1) is 21.5 Å². The van der Waals surface area contributed by atoms with Crippen LogP contribution in [0.1, 0.15) is 31.3 Å². The van der Waals surface area contributed by atoms with Crippen LogP contribution in [0.3, 0.4) is 0 Å². The summed E-state index contributed by atoms with van der Waals surface area (Å²) in [6, 6.07) is 8.14. The van der Waals surface area contributed by atoms with Gasteiger partial charge in [0.1, 0.15) is 16.6 Å². The summed E-state index contributed by atoms with van der Waals surface area (Å²) in [5, 5.41) is 13.7. The van der Waals surface area contributed by atoms with Crippen LogP contribution >= 0.6 is 11.3 Å². The molecule has 1 atom stereocenters. The molecule has 0 aliphatic rings. The Labute approximate surface area is 152 Å². The van der Waals surface area contributed by atoms with Crippen molar-refractivity contribution in [2.75, 3.05) is 18.5 Å². The Morgan fingerprint density at radius 2 is 1.96 bits per heavy atom. The van der Waals surface area contributed by atoms with Crippen molar-refractivity contribution in [3.05, 3.63) is 35.8 Å². The van der Waals surface area contributed by atoms with E-state index >= 15 is 0 Å². The highest BCUT2D eigenvalue weighted by Gasteiger charge is 2.17. The fraction of sp³-hybridized carbons (Fsp3) is 0.421. The molecule has 1 unspecified atom stereocenters. The molecule has 0 bridgehead atoms. The summed E-state index contributed by atoms with van der Waals surface area (Å²) >= 11 is 1.66. The summed E-state index contributed by atoms with van der Waals surface area (Å²) in [5.74, 6) is 1.90. The van der Waals surface area contributed by atoms with Crippen LogP contribution in [-0.2, 0) is 0 Å². The Hall–Kier alpha value is -2.05. The third-order valence-corrected chi connectivity index (χ3v) is 5.44. The summed E-state index contributed by atoms with van der Waals surface area (Å²) in [5.41, 5.74) is 2.91. The first-order chi connectivity index (χ1) is 12.1. The minimum Gasteiger partial charge on any atom is -0.396 e. The Kier molecular flexibility index (Phi) is 5.60. The number of nitrogens with one attached hydrogen (secondary N) is 1. The minimum atomic E-state index is 0.227.